The molecular formula is C11H22N2O2. The van der Waals surface area contributed by atoms with Crippen molar-refractivity contribution in [2.75, 3.05) is 26.3 Å². The van der Waals surface area contributed by atoms with Crippen molar-refractivity contribution in [3.05, 3.63) is 0 Å². The van der Waals surface area contributed by atoms with E-state index in [-0.39, 0.29) is 11.9 Å². The molecule has 0 bridgehead atoms. The highest BCUT2D eigenvalue weighted by molar-refractivity contribution is 5.76. The lowest BCUT2D eigenvalue weighted by Crippen LogP contribution is -2.47. The van der Waals surface area contributed by atoms with Crippen LogP contribution in [0, 0.1) is 0 Å². The van der Waals surface area contributed by atoms with Gasteiger partial charge in [-0.1, -0.05) is 0 Å². The molecule has 1 rings (SSSR count). The van der Waals surface area contributed by atoms with Gasteiger partial charge in [0.2, 0.25) is 5.91 Å². The lowest BCUT2D eigenvalue weighted by Gasteiger charge is -2.35. The fraction of sp³-hybridized carbons (Fsp3) is 0.909. The molecule has 0 aromatic carbocycles. The molecule has 0 saturated carbocycles. The number of nitrogens with two attached hydrogens (primary N) is 1. The summed E-state index contributed by atoms with van der Waals surface area (Å²) in [7, 11) is 0. The third kappa shape index (κ3) is 3.80. The van der Waals surface area contributed by atoms with Crippen LogP contribution in [0.25, 0.3) is 0 Å². The Kier molecular flexibility index (Phi) is 5.65. The van der Waals surface area contributed by atoms with E-state index in [1.807, 2.05) is 11.8 Å². The number of ether oxygens (including phenoxy) is 1. The van der Waals surface area contributed by atoms with Crippen LogP contribution in [0.15, 0.2) is 0 Å². The number of hydrogen-bond acceptors (Lipinski definition) is 3. The maximum absolute atomic E-state index is 11.8. The lowest BCUT2D eigenvalue weighted by atomic mass is 10.0. The van der Waals surface area contributed by atoms with Gasteiger partial charge in [-0.25, -0.2) is 0 Å². The Bertz CT molecular complexity index is 197. The highest BCUT2D eigenvalue weighted by Gasteiger charge is 2.24. The van der Waals surface area contributed by atoms with Crippen molar-refractivity contribution in [2.45, 2.75) is 38.6 Å². The van der Waals surface area contributed by atoms with Crippen LogP contribution in [-0.4, -0.2) is 43.2 Å². The van der Waals surface area contributed by atoms with Crippen molar-refractivity contribution in [3.63, 3.8) is 0 Å². The number of hydrogen-bond donors (Lipinski definition) is 1. The molecule has 4 heteroatoms. The Balaban J connectivity index is 2.34. The van der Waals surface area contributed by atoms with E-state index in [2.05, 4.69) is 0 Å². The van der Waals surface area contributed by atoms with Crippen molar-refractivity contribution in [2.24, 2.45) is 5.73 Å². The van der Waals surface area contributed by atoms with Gasteiger partial charge in [0.1, 0.15) is 0 Å². The molecule has 2 N–H and O–H groups in total. The predicted octanol–water partition coefficient (Wildman–Crippen LogP) is 0.753. The number of likely N-dealkylation sites (tertiary alicyclic amines) is 1. The summed E-state index contributed by atoms with van der Waals surface area (Å²) in [6, 6.07) is 0.257. The summed E-state index contributed by atoms with van der Waals surface area (Å²) in [5.74, 6) is 0.193. The first-order chi connectivity index (χ1) is 7.29. The molecule has 0 radical (unpaired) electrons. The number of carbonyl (C=O) groups excluding carboxylic acids is 1. The summed E-state index contributed by atoms with van der Waals surface area (Å²) < 4.78 is 5.19. The van der Waals surface area contributed by atoms with E-state index in [1.165, 1.54) is 6.42 Å². The van der Waals surface area contributed by atoms with Crippen LogP contribution >= 0.6 is 0 Å². The van der Waals surface area contributed by atoms with E-state index < -0.39 is 0 Å². The minimum absolute atomic E-state index is 0.193. The van der Waals surface area contributed by atoms with Crippen molar-refractivity contribution in [1.82, 2.24) is 4.90 Å². The van der Waals surface area contributed by atoms with Gasteiger partial charge in [-0.15, -0.1) is 0 Å². The van der Waals surface area contributed by atoms with Crippen molar-refractivity contribution in [3.8, 4) is 0 Å². The van der Waals surface area contributed by atoms with Gasteiger partial charge < -0.3 is 15.4 Å². The largest absolute Gasteiger partial charge is 0.381 e. The monoisotopic (exact) mass is 214 g/mol. The van der Waals surface area contributed by atoms with Gasteiger partial charge in [0.15, 0.2) is 0 Å². The maximum Gasteiger partial charge on any atom is 0.225 e. The second kappa shape index (κ2) is 6.80. The molecule has 1 amide bonds. The van der Waals surface area contributed by atoms with Gasteiger partial charge in [0.25, 0.3) is 0 Å². The minimum Gasteiger partial charge on any atom is -0.381 e. The Morgan fingerprint density at radius 1 is 1.53 bits per heavy atom. The molecule has 0 spiro atoms. The van der Waals surface area contributed by atoms with E-state index in [0.29, 0.717) is 26.2 Å². The normalized spacial score (nSPS) is 21.7. The maximum atomic E-state index is 11.8. The second-order valence-corrected chi connectivity index (χ2v) is 3.92. The van der Waals surface area contributed by atoms with Crippen LogP contribution in [0.1, 0.15) is 32.6 Å². The fourth-order valence-corrected chi connectivity index (χ4v) is 2.02. The van der Waals surface area contributed by atoms with E-state index in [1.54, 1.807) is 0 Å². The first-order valence-corrected chi connectivity index (χ1v) is 5.86. The molecule has 4 nitrogen and oxygen atoms in total. The summed E-state index contributed by atoms with van der Waals surface area (Å²) in [6.45, 7) is 4.60. The zero-order valence-corrected chi connectivity index (χ0v) is 9.58. The molecular weight excluding hydrogens is 192 g/mol. The van der Waals surface area contributed by atoms with Crippen LogP contribution < -0.4 is 5.73 Å². The summed E-state index contributed by atoms with van der Waals surface area (Å²) in [4.78, 5) is 13.8. The predicted molar refractivity (Wildman–Crippen MR) is 59.5 cm³/mol. The molecule has 1 aliphatic rings. The highest BCUT2D eigenvalue weighted by Crippen LogP contribution is 2.16. The van der Waals surface area contributed by atoms with Crippen LogP contribution in [0.2, 0.25) is 0 Å². The van der Waals surface area contributed by atoms with Gasteiger partial charge in [-0.3, -0.25) is 4.79 Å². The molecule has 1 unspecified atom stereocenters. The fourth-order valence-electron chi connectivity index (χ4n) is 2.02. The first kappa shape index (κ1) is 12.5. The average molecular weight is 214 g/mol. The van der Waals surface area contributed by atoms with Crippen LogP contribution in [0.4, 0.5) is 0 Å². The first-order valence-electron chi connectivity index (χ1n) is 5.86. The summed E-state index contributed by atoms with van der Waals surface area (Å²) in [5.41, 5.74) is 5.66. The smallest absolute Gasteiger partial charge is 0.225 e. The zero-order valence-electron chi connectivity index (χ0n) is 9.58. The van der Waals surface area contributed by atoms with E-state index in [0.717, 1.165) is 19.4 Å². The third-order valence-electron chi connectivity index (χ3n) is 2.88. The van der Waals surface area contributed by atoms with Gasteiger partial charge in [-0.05, 0) is 26.2 Å². The molecule has 0 aromatic heterocycles. The van der Waals surface area contributed by atoms with Gasteiger partial charge in [0.05, 0.1) is 13.0 Å². The Morgan fingerprint density at radius 3 is 3.00 bits per heavy atom. The number of piperidine rings is 1. The van der Waals surface area contributed by atoms with Crippen LogP contribution in [0.5, 0.6) is 0 Å². The second-order valence-electron chi connectivity index (χ2n) is 3.92. The number of amides is 1. The minimum atomic E-state index is 0.193. The Labute approximate surface area is 91.8 Å². The van der Waals surface area contributed by atoms with E-state index in [4.69, 9.17) is 10.5 Å². The standard InChI is InChI=1S/C11H22N2O2/c1-2-15-8-6-11(14)13-7-4-3-5-10(13)9-12/h10H,2-9,12H2,1H3. The third-order valence-corrected chi connectivity index (χ3v) is 2.88. The lowest BCUT2D eigenvalue weighted by molar-refractivity contribution is -0.135. The quantitative estimate of drug-likeness (QED) is 0.687. The van der Waals surface area contributed by atoms with Crippen LogP contribution in [0.3, 0.4) is 0 Å². The molecule has 15 heavy (non-hydrogen) atoms. The van der Waals surface area contributed by atoms with E-state index >= 15 is 0 Å². The van der Waals surface area contributed by atoms with Crippen molar-refractivity contribution < 1.29 is 9.53 Å². The number of nitrogens with zero attached hydrogens (tertiary/aromatic N) is 1. The average Bonchev–Trinajstić information content (AvgIpc) is 2.29. The van der Waals surface area contributed by atoms with Crippen molar-refractivity contribution >= 4 is 5.91 Å². The SMILES string of the molecule is CCOCCC(=O)N1CCCCC1CN. The molecule has 1 fully saturated rings. The van der Waals surface area contributed by atoms with E-state index in [9.17, 15) is 4.79 Å². The highest BCUT2D eigenvalue weighted by atomic mass is 16.5. The van der Waals surface area contributed by atoms with Gasteiger partial charge >= 0.3 is 0 Å². The topological polar surface area (TPSA) is 55.6 Å². The zero-order chi connectivity index (χ0) is 11.1. The molecule has 1 heterocycles. The molecule has 1 atom stereocenters. The van der Waals surface area contributed by atoms with Gasteiger partial charge in [-0.2, -0.15) is 0 Å². The Hall–Kier alpha value is -0.610. The summed E-state index contributed by atoms with van der Waals surface area (Å²) >= 11 is 0. The summed E-state index contributed by atoms with van der Waals surface area (Å²) in [5, 5.41) is 0. The van der Waals surface area contributed by atoms with Crippen molar-refractivity contribution in [1.29, 1.82) is 0 Å². The molecule has 1 aliphatic heterocycles. The van der Waals surface area contributed by atoms with Crippen LogP contribution in [-0.2, 0) is 9.53 Å². The summed E-state index contributed by atoms with van der Waals surface area (Å²) in [6.07, 6.45) is 3.84. The Morgan fingerprint density at radius 2 is 2.33 bits per heavy atom. The molecule has 0 aliphatic carbocycles. The molecule has 88 valence electrons. The molecule has 1 saturated heterocycles. The molecule has 0 aromatic rings. The number of carbonyl (C=O) groups is 1. The van der Waals surface area contributed by atoms with Gasteiger partial charge in [0, 0.05) is 25.7 Å². The number of rotatable bonds is 5.